The highest BCUT2D eigenvalue weighted by molar-refractivity contribution is 5.94. The number of aromatic nitrogens is 6. The van der Waals surface area contributed by atoms with Crippen LogP contribution in [0.2, 0.25) is 0 Å². The van der Waals surface area contributed by atoms with Crippen molar-refractivity contribution in [3.63, 3.8) is 0 Å². The number of nitrogens with one attached hydrogen (secondary N) is 3. The highest BCUT2D eigenvalue weighted by Crippen LogP contribution is 2.30. The average Bonchev–Trinajstić information content (AvgIpc) is 3.49. The standard InChI is InChI=1S/C21H23N9O2/c1-22-15-8-18-24-13-6-11(7-14-19(13)28-29(2)26-14)10-32-17-5-3-4-12(17)25-21(31)16-9-23-20(15)30(16)27-18/h6-9,12,17,22H,3-5,10H2,1-2H3,(H,24,27)(H,25,31)/t12-,17?/m1/s1. The zero-order valence-corrected chi connectivity index (χ0v) is 17.8. The van der Waals surface area contributed by atoms with Crippen LogP contribution in [0.15, 0.2) is 24.4 Å². The Morgan fingerprint density at radius 1 is 1.19 bits per heavy atom. The van der Waals surface area contributed by atoms with Crippen LogP contribution in [-0.4, -0.2) is 54.7 Å². The van der Waals surface area contributed by atoms with Crippen LogP contribution in [0.3, 0.4) is 0 Å². The Labute approximate surface area is 183 Å². The number of nitrogens with zero attached hydrogens (tertiary/aromatic N) is 6. The predicted molar refractivity (Wildman–Crippen MR) is 118 cm³/mol. The van der Waals surface area contributed by atoms with E-state index in [1.165, 1.54) is 0 Å². The molecule has 1 amide bonds. The fourth-order valence-electron chi connectivity index (χ4n) is 4.60. The lowest BCUT2D eigenvalue weighted by Gasteiger charge is -2.22. The molecule has 1 aromatic carbocycles. The molecular weight excluding hydrogens is 410 g/mol. The lowest BCUT2D eigenvalue weighted by atomic mass is 10.1. The summed E-state index contributed by atoms with van der Waals surface area (Å²) in [5, 5.41) is 23.3. The molecule has 0 spiro atoms. The van der Waals surface area contributed by atoms with Gasteiger partial charge in [-0.2, -0.15) is 15.0 Å². The van der Waals surface area contributed by atoms with E-state index in [0.717, 1.165) is 47.2 Å². The van der Waals surface area contributed by atoms with Gasteiger partial charge in [-0.15, -0.1) is 5.10 Å². The van der Waals surface area contributed by atoms with Crippen LogP contribution in [0, 0.1) is 0 Å². The first kappa shape index (κ1) is 19.0. The Kier molecular flexibility index (Phi) is 4.25. The number of carbonyl (C=O) groups is 1. The number of benzene rings is 1. The molecule has 1 aliphatic heterocycles. The van der Waals surface area contributed by atoms with Crippen molar-refractivity contribution >= 4 is 39.8 Å². The third kappa shape index (κ3) is 3.04. The predicted octanol–water partition coefficient (Wildman–Crippen LogP) is 1.98. The fraction of sp³-hybridized carbons (Fsp3) is 0.381. The van der Waals surface area contributed by atoms with Crippen molar-refractivity contribution in [2.75, 3.05) is 17.7 Å². The Hall–Kier alpha value is -3.73. The molecule has 32 heavy (non-hydrogen) atoms. The highest BCUT2D eigenvalue weighted by Gasteiger charge is 2.31. The molecule has 0 saturated heterocycles. The number of anilines is 3. The van der Waals surface area contributed by atoms with E-state index >= 15 is 0 Å². The second-order valence-electron chi connectivity index (χ2n) is 8.26. The smallest absolute Gasteiger partial charge is 0.271 e. The minimum absolute atomic E-state index is 0.0496. The molecule has 6 rings (SSSR count). The summed E-state index contributed by atoms with van der Waals surface area (Å²) < 4.78 is 7.82. The second kappa shape index (κ2) is 7.16. The maximum absolute atomic E-state index is 13.1. The van der Waals surface area contributed by atoms with E-state index in [2.05, 4.69) is 36.2 Å². The lowest BCUT2D eigenvalue weighted by Crippen LogP contribution is -2.41. The van der Waals surface area contributed by atoms with Gasteiger partial charge in [-0.1, -0.05) is 0 Å². The van der Waals surface area contributed by atoms with Gasteiger partial charge in [-0.05, 0) is 37.0 Å². The first-order valence-electron chi connectivity index (χ1n) is 10.7. The van der Waals surface area contributed by atoms with Crippen molar-refractivity contribution in [3.05, 3.63) is 35.7 Å². The molecule has 164 valence electrons. The molecule has 1 fully saturated rings. The van der Waals surface area contributed by atoms with Crippen LogP contribution >= 0.6 is 0 Å². The summed E-state index contributed by atoms with van der Waals surface area (Å²) in [7, 11) is 3.61. The maximum atomic E-state index is 13.1. The Bertz CT molecular complexity index is 1360. The van der Waals surface area contributed by atoms with Crippen LogP contribution in [0.5, 0.6) is 0 Å². The Morgan fingerprint density at radius 2 is 2.09 bits per heavy atom. The maximum Gasteiger partial charge on any atom is 0.271 e. The molecule has 1 unspecified atom stereocenters. The first-order valence-corrected chi connectivity index (χ1v) is 10.7. The zero-order chi connectivity index (χ0) is 21.8. The van der Waals surface area contributed by atoms with E-state index in [-0.39, 0.29) is 18.1 Å². The van der Waals surface area contributed by atoms with Crippen molar-refractivity contribution in [2.45, 2.75) is 38.0 Å². The molecular formula is C21H23N9O2. The summed E-state index contributed by atoms with van der Waals surface area (Å²) in [6.45, 7) is 0.421. The van der Waals surface area contributed by atoms with E-state index in [1.54, 1.807) is 22.6 Å². The molecule has 0 radical (unpaired) electrons. The number of amides is 1. The van der Waals surface area contributed by atoms with E-state index in [1.807, 2.05) is 25.2 Å². The summed E-state index contributed by atoms with van der Waals surface area (Å²) >= 11 is 0. The van der Waals surface area contributed by atoms with Crippen LogP contribution in [0.25, 0.3) is 16.7 Å². The molecule has 3 N–H and O–H groups in total. The number of fused-ring (bicyclic) bond motifs is 6. The van der Waals surface area contributed by atoms with Crippen molar-refractivity contribution in [1.82, 2.24) is 34.9 Å². The lowest BCUT2D eigenvalue weighted by molar-refractivity contribution is 0.0271. The van der Waals surface area contributed by atoms with Gasteiger partial charge < -0.3 is 20.7 Å². The summed E-state index contributed by atoms with van der Waals surface area (Å²) in [6.07, 6.45) is 4.30. The summed E-state index contributed by atoms with van der Waals surface area (Å²) in [5.41, 5.74) is 4.97. The van der Waals surface area contributed by atoms with Crippen molar-refractivity contribution < 1.29 is 9.53 Å². The largest absolute Gasteiger partial charge is 0.385 e. The molecule has 4 aromatic rings. The van der Waals surface area contributed by atoms with Gasteiger partial charge in [-0.25, -0.2) is 9.50 Å². The van der Waals surface area contributed by atoms with Crippen LogP contribution in [0.1, 0.15) is 35.3 Å². The molecule has 2 aliphatic rings. The fourth-order valence-corrected chi connectivity index (χ4v) is 4.60. The second-order valence-corrected chi connectivity index (χ2v) is 8.26. The van der Waals surface area contributed by atoms with Gasteiger partial charge in [0.2, 0.25) is 0 Å². The average molecular weight is 433 g/mol. The van der Waals surface area contributed by atoms with E-state index in [0.29, 0.717) is 23.8 Å². The molecule has 11 nitrogen and oxygen atoms in total. The monoisotopic (exact) mass is 433 g/mol. The summed E-state index contributed by atoms with van der Waals surface area (Å²) in [6, 6.07) is 5.81. The minimum Gasteiger partial charge on any atom is -0.385 e. The molecule has 2 atom stereocenters. The number of ether oxygens (including phenoxy) is 1. The van der Waals surface area contributed by atoms with Gasteiger partial charge in [0, 0.05) is 20.2 Å². The quantitative estimate of drug-likeness (QED) is 0.416. The number of hydrogen-bond donors (Lipinski definition) is 3. The van der Waals surface area contributed by atoms with E-state index in [9.17, 15) is 4.79 Å². The summed E-state index contributed by atoms with van der Waals surface area (Å²) in [4.78, 5) is 19.1. The SMILES string of the molecule is CNc1cc2nn3c(cnc13)C(=O)N[C@@H]1CCCC1OCc1cc(c3nn(C)nc3c1)N2. The van der Waals surface area contributed by atoms with Crippen LogP contribution in [-0.2, 0) is 18.4 Å². The number of imidazole rings is 1. The number of rotatable bonds is 1. The third-order valence-electron chi connectivity index (χ3n) is 6.11. The van der Waals surface area contributed by atoms with Crippen molar-refractivity contribution in [1.29, 1.82) is 0 Å². The number of hydrogen-bond acceptors (Lipinski definition) is 8. The first-order chi connectivity index (χ1) is 15.6. The topological polar surface area (TPSA) is 123 Å². The number of carbonyl (C=O) groups excluding carboxylic acids is 1. The normalized spacial score (nSPS) is 20.8. The molecule has 4 bridgehead atoms. The Morgan fingerprint density at radius 3 is 2.97 bits per heavy atom. The van der Waals surface area contributed by atoms with Gasteiger partial charge in [0.25, 0.3) is 5.91 Å². The molecule has 1 aliphatic carbocycles. The molecule has 1 saturated carbocycles. The van der Waals surface area contributed by atoms with Crippen LogP contribution < -0.4 is 16.0 Å². The molecule has 4 heterocycles. The van der Waals surface area contributed by atoms with E-state index < -0.39 is 0 Å². The highest BCUT2D eigenvalue weighted by atomic mass is 16.5. The van der Waals surface area contributed by atoms with Crippen LogP contribution in [0.4, 0.5) is 17.2 Å². The van der Waals surface area contributed by atoms with E-state index in [4.69, 9.17) is 4.74 Å². The van der Waals surface area contributed by atoms with Gasteiger partial charge in [-0.3, -0.25) is 4.79 Å². The minimum atomic E-state index is -0.211. The Balaban J connectivity index is 1.56. The van der Waals surface area contributed by atoms with Crippen molar-refractivity contribution in [3.8, 4) is 0 Å². The third-order valence-corrected chi connectivity index (χ3v) is 6.11. The van der Waals surface area contributed by atoms with Gasteiger partial charge in [0.15, 0.2) is 17.2 Å². The number of aryl methyl sites for hydroxylation is 1. The van der Waals surface area contributed by atoms with Gasteiger partial charge in [0.1, 0.15) is 11.0 Å². The molecule has 11 heteroatoms. The summed E-state index contributed by atoms with van der Waals surface area (Å²) in [5.74, 6) is 0.339. The molecule has 3 aromatic heterocycles. The van der Waals surface area contributed by atoms with Crippen molar-refractivity contribution in [2.24, 2.45) is 7.05 Å². The van der Waals surface area contributed by atoms with Gasteiger partial charge >= 0.3 is 0 Å². The zero-order valence-electron chi connectivity index (χ0n) is 17.8. The van der Waals surface area contributed by atoms with Gasteiger partial charge in [0.05, 0.1) is 36.3 Å².